The van der Waals surface area contributed by atoms with Crippen LogP contribution in [0.2, 0.25) is 0 Å². The van der Waals surface area contributed by atoms with Gasteiger partial charge in [-0.05, 0) is 0 Å². The third-order valence-corrected chi connectivity index (χ3v) is 3.10. The van der Waals surface area contributed by atoms with Gasteiger partial charge in [0.2, 0.25) is 0 Å². The second-order valence-corrected chi connectivity index (χ2v) is 4.41. The van der Waals surface area contributed by atoms with Crippen molar-refractivity contribution in [3.05, 3.63) is 18.1 Å². The highest BCUT2D eigenvalue weighted by molar-refractivity contribution is 5.90. The lowest BCUT2D eigenvalue weighted by atomic mass is 10.3. The molecule has 1 aromatic rings. The fraction of sp³-hybridized carbons (Fsp3) is 0.583. The van der Waals surface area contributed by atoms with Gasteiger partial charge in [-0.15, -0.1) is 0 Å². The van der Waals surface area contributed by atoms with Crippen LogP contribution >= 0.6 is 0 Å². The number of ether oxygens (including phenoxy) is 1. The number of nitrogens with zero attached hydrogens (tertiary/aromatic N) is 4. The van der Waals surface area contributed by atoms with Crippen LogP contribution in [-0.4, -0.2) is 72.4 Å². The summed E-state index contributed by atoms with van der Waals surface area (Å²) in [5.74, 6) is -0.649. The van der Waals surface area contributed by atoms with Crippen molar-refractivity contribution in [3.63, 3.8) is 0 Å². The summed E-state index contributed by atoms with van der Waals surface area (Å²) >= 11 is 0. The number of carboxylic acids is 1. The Morgan fingerprint density at radius 1 is 1.42 bits per heavy atom. The molecule has 7 heteroatoms. The van der Waals surface area contributed by atoms with E-state index in [1.807, 2.05) is 11.9 Å². The molecular weight excluding hydrogens is 248 g/mol. The van der Waals surface area contributed by atoms with Crippen molar-refractivity contribution >= 4 is 11.8 Å². The summed E-state index contributed by atoms with van der Waals surface area (Å²) in [5, 5.41) is 9.08. The lowest BCUT2D eigenvalue weighted by molar-refractivity contribution is 0.0392. The summed E-state index contributed by atoms with van der Waals surface area (Å²) in [6.07, 6.45) is 2.90. The summed E-state index contributed by atoms with van der Waals surface area (Å²) in [4.78, 5) is 23.1. The van der Waals surface area contributed by atoms with Gasteiger partial charge in [-0.3, -0.25) is 4.90 Å². The van der Waals surface area contributed by atoms with E-state index in [9.17, 15) is 4.79 Å². The van der Waals surface area contributed by atoms with E-state index in [2.05, 4.69) is 14.9 Å². The number of hydrogen-bond donors (Lipinski definition) is 1. The SMILES string of the molecule is CN(CCN1CCOCC1)c1nccnc1C(=O)O. The maximum atomic E-state index is 11.1. The second kappa shape index (κ2) is 6.44. The molecule has 2 heterocycles. The highest BCUT2D eigenvalue weighted by Gasteiger charge is 2.17. The van der Waals surface area contributed by atoms with Crippen molar-refractivity contribution in [1.82, 2.24) is 14.9 Å². The van der Waals surface area contributed by atoms with E-state index in [0.29, 0.717) is 12.4 Å². The van der Waals surface area contributed by atoms with Gasteiger partial charge in [-0.1, -0.05) is 0 Å². The number of aromatic carboxylic acids is 1. The molecule has 0 atom stereocenters. The molecule has 0 unspecified atom stereocenters. The van der Waals surface area contributed by atoms with Crippen LogP contribution in [0.3, 0.4) is 0 Å². The van der Waals surface area contributed by atoms with Crippen molar-refractivity contribution < 1.29 is 14.6 Å². The molecule has 104 valence electrons. The average molecular weight is 266 g/mol. The zero-order chi connectivity index (χ0) is 13.7. The Kier molecular flexibility index (Phi) is 4.64. The molecule has 1 N–H and O–H groups in total. The van der Waals surface area contributed by atoms with E-state index in [0.717, 1.165) is 32.8 Å². The largest absolute Gasteiger partial charge is 0.476 e. The van der Waals surface area contributed by atoms with Gasteiger partial charge in [0.15, 0.2) is 11.5 Å². The van der Waals surface area contributed by atoms with Crippen LogP contribution in [0.4, 0.5) is 5.82 Å². The molecule has 0 spiro atoms. The monoisotopic (exact) mass is 266 g/mol. The predicted octanol–water partition coefficient (Wildman–Crippen LogP) is -0.0568. The minimum atomic E-state index is -1.05. The molecule has 0 radical (unpaired) electrons. The number of morpholine rings is 1. The Balaban J connectivity index is 1.95. The Morgan fingerprint density at radius 2 is 2.11 bits per heavy atom. The summed E-state index contributed by atoms with van der Waals surface area (Å²) in [7, 11) is 1.83. The van der Waals surface area contributed by atoms with Gasteiger partial charge >= 0.3 is 5.97 Å². The number of rotatable bonds is 5. The maximum absolute atomic E-state index is 11.1. The topological polar surface area (TPSA) is 78.8 Å². The van der Waals surface area contributed by atoms with E-state index in [-0.39, 0.29) is 5.69 Å². The van der Waals surface area contributed by atoms with Crippen LogP contribution in [0.5, 0.6) is 0 Å². The molecule has 7 nitrogen and oxygen atoms in total. The first-order valence-electron chi connectivity index (χ1n) is 6.24. The second-order valence-electron chi connectivity index (χ2n) is 4.41. The third kappa shape index (κ3) is 3.62. The number of likely N-dealkylation sites (N-methyl/N-ethyl adjacent to an activating group) is 1. The normalized spacial score (nSPS) is 16.3. The van der Waals surface area contributed by atoms with Crippen LogP contribution in [-0.2, 0) is 4.74 Å². The van der Waals surface area contributed by atoms with E-state index in [1.165, 1.54) is 12.4 Å². The lowest BCUT2D eigenvalue weighted by Gasteiger charge is -2.29. The van der Waals surface area contributed by atoms with E-state index >= 15 is 0 Å². The molecule has 1 aromatic heterocycles. The fourth-order valence-electron chi connectivity index (χ4n) is 1.98. The number of carboxylic acid groups (broad SMARTS) is 1. The Bertz CT molecular complexity index is 435. The van der Waals surface area contributed by atoms with Crippen molar-refractivity contribution in [2.45, 2.75) is 0 Å². The smallest absolute Gasteiger partial charge is 0.358 e. The number of anilines is 1. The van der Waals surface area contributed by atoms with E-state index < -0.39 is 5.97 Å². The molecule has 1 fully saturated rings. The van der Waals surface area contributed by atoms with Crippen molar-refractivity contribution in [2.75, 3.05) is 51.3 Å². The van der Waals surface area contributed by atoms with Crippen LogP contribution in [0, 0.1) is 0 Å². The average Bonchev–Trinajstić information content (AvgIpc) is 2.46. The molecule has 1 aliphatic heterocycles. The molecular formula is C12H18N4O3. The van der Waals surface area contributed by atoms with Crippen LogP contribution in [0.15, 0.2) is 12.4 Å². The number of hydrogen-bond acceptors (Lipinski definition) is 6. The summed E-state index contributed by atoms with van der Waals surface area (Å²) in [5.41, 5.74) is -0.00743. The van der Waals surface area contributed by atoms with Gasteiger partial charge in [0, 0.05) is 45.6 Å². The van der Waals surface area contributed by atoms with E-state index in [1.54, 1.807) is 0 Å². The molecule has 19 heavy (non-hydrogen) atoms. The maximum Gasteiger partial charge on any atom is 0.358 e. The first kappa shape index (κ1) is 13.7. The molecule has 0 bridgehead atoms. The van der Waals surface area contributed by atoms with Crippen molar-refractivity contribution in [3.8, 4) is 0 Å². The molecule has 1 saturated heterocycles. The van der Waals surface area contributed by atoms with Gasteiger partial charge in [0.25, 0.3) is 0 Å². The van der Waals surface area contributed by atoms with Crippen LogP contribution in [0.1, 0.15) is 10.5 Å². The first-order chi connectivity index (χ1) is 9.18. The molecule has 0 saturated carbocycles. The Hall–Kier alpha value is -1.73. The highest BCUT2D eigenvalue weighted by atomic mass is 16.5. The van der Waals surface area contributed by atoms with E-state index in [4.69, 9.17) is 9.84 Å². The zero-order valence-corrected chi connectivity index (χ0v) is 10.9. The summed E-state index contributed by atoms with van der Waals surface area (Å²) < 4.78 is 5.29. The van der Waals surface area contributed by atoms with Gasteiger partial charge in [0.05, 0.1) is 13.2 Å². The Morgan fingerprint density at radius 3 is 2.79 bits per heavy atom. The minimum absolute atomic E-state index is 0.00743. The summed E-state index contributed by atoms with van der Waals surface area (Å²) in [6, 6.07) is 0. The Labute approximate surface area is 111 Å². The quantitative estimate of drug-likeness (QED) is 0.800. The lowest BCUT2D eigenvalue weighted by Crippen LogP contribution is -2.41. The number of aromatic nitrogens is 2. The summed E-state index contributed by atoms with van der Waals surface area (Å²) in [6.45, 7) is 4.92. The third-order valence-electron chi connectivity index (χ3n) is 3.10. The van der Waals surface area contributed by atoms with Crippen molar-refractivity contribution in [1.29, 1.82) is 0 Å². The molecule has 0 amide bonds. The zero-order valence-electron chi connectivity index (χ0n) is 10.9. The van der Waals surface area contributed by atoms with Crippen LogP contribution < -0.4 is 4.90 Å². The first-order valence-corrected chi connectivity index (χ1v) is 6.24. The van der Waals surface area contributed by atoms with Crippen molar-refractivity contribution in [2.24, 2.45) is 0 Å². The van der Waals surface area contributed by atoms with Gasteiger partial charge < -0.3 is 14.7 Å². The molecule has 0 aromatic carbocycles. The van der Waals surface area contributed by atoms with Gasteiger partial charge in [0.1, 0.15) is 0 Å². The van der Waals surface area contributed by atoms with Gasteiger partial charge in [-0.25, -0.2) is 14.8 Å². The highest BCUT2D eigenvalue weighted by Crippen LogP contribution is 2.13. The predicted molar refractivity (Wildman–Crippen MR) is 69.5 cm³/mol. The standard InChI is InChI=1S/C12H18N4O3/c1-15(4-5-16-6-8-19-9-7-16)11-10(12(17)18)13-2-3-14-11/h2-3H,4-9H2,1H3,(H,17,18). The van der Waals surface area contributed by atoms with Crippen LogP contribution in [0.25, 0.3) is 0 Å². The minimum Gasteiger partial charge on any atom is -0.476 e. The number of carbonyl (C=O) groups is 1. The molecule has 0 aliphatic carbocycles. The fourth-order valence-corrected chi connectivity index (χ4v) is 1.98. The molecule has 1 aliphatic rings. The molecule has 2 rings (SSSR count). The van der Waals surface area contributed by atoms with Gasteiger partial charge in [-0.2, -0.15) is 0 Å².